The molecule has 25 heavy (non-hydrogen) atoms. The average Bonchev–Trinajstić information content (AvgIpc) is 2.52. The third kappa shape index (κ3) is 4.41. The van der Waals surface area contributed by atoms with E-state index >= 15 is 0 Å². The van der Waals surface area contributed by atoms with Crippen LogP contribution in [0.2, 0.25) is 5.04 Å². The van der Waals surface area contributed by atoms with Crippen LogP contribution in [0.3, 0.4) is 0 Å². The predicted octanol–water partition coefficient (Wildman–Crippen LogP) is 4.11. The van der Waals surface area contributed by atoms with Gasteiger partial charge in [0.1, 0.15) is 0 Å². The standard InChI is InChI=1S/C22H32O2Si/c1-18(23)17-22(5,6)24-25(21(2,3)4,19-13-9-7-10-14-19)20-15-11-8-12-16-20/h7-16,18,23H,17H2,1-6H3. The van der Waals surface area contributed by atoms with Gasteiger partial charge < -0.3 is 9.53 Å². The molecule has 136 valence electrons. The van der Waals surface area contributed by atoms with Crippen LogP contribution >= 0.6 is 0 Å². The van der Waals surface area contributed by atoms with E-state index in [2.05, 4.69) is 95.3 Å². The molecule has 0 fully saturated rings. The summed E-state index contributed by atoms with van der Waals surface area (Å²) < 4.78 is 7.05. The highest BCUT2D eigenvalue weighted by Gasteiger charge is 2.52. The SMILES string of the molecule is CC(O)CC(C)(C)O[Si](c1ccccc1)(c1ccccc1)C(C)(C)C. The number of hydrogen-bond donors (Lipinski definition) is 1. The summed E-state index contributed by atoms with van der Waals surface area (Å²) in [6, 6.07) is 21.3. The van der Waals surface area contributed by atoms with Gasteiger partial charge in [-0.3, -0.25) is 0 Å². The zero-order valence-corrected chi connectivity index (χ0v) is 17.4. The Balaban J connectivity index is 2.69. The molecule has 1 unspecified atom stereocenters. The first-order valence-corrected chi connectivity index (χ1v) is 11.0. The Morgan fingerprint density at radius 1 is 0.840 bits per heavy atom. The molecule has 0 bridgehead atoms. The van der Waals surface area contributed by atoms with E-state index in [0.29, 0.717) is 6.42 Å². The van der Waals surface area contributed by atoms with Crippen molar-refractivity contribution in [3.63, 3.8) is 0 Å². The molecule has 2 aromatic carbocycles. The lowest BCUT2D eigenvalue weighted by Crippen LogP contribution is -2.69. The predicted molar refractivity (Wildman–Crippen MR) is 109 cm³/mol. The summed E-state index contributed by atoms with van der Waals surface area (Å²) in [6.07, 6.45) is 0.213. The highest BCUT2D eigenvalue weighted by atomic mass is 28.4. The molecule has 0 aromatic heterocycles. The maximum absolute atomic E-state index is 9.96. The van der Waals surface area contributed by atoms with E-state index in [1.807, 2.05) is 6.92 Å². The van der Waals surface area contributed by atoms with E-state index in [-0.39, 0.29) is 5.04 Å². The van der Waals surface area contributed by atoms with Gasteiger partial charge in [0.25, 0.3) is 8.32 Å². The Morgan fingerprint density at radius 2 is 1.24 bits per heavy atom. The normalized spacial score (nSPS) is 14.4. The molecule has 0 heterocycles. The summed E-state index contributed by atoms with van der Waals surface area (Å²) >= 11 is 0. The maximum atomic E-state index is 9.96. The van der Waals surface area contributed by atoms with Crippen LogP contribution in [0.1, 0.15) is 48.0 Å². The van der Waals surface area contributed by atoms with Gasteiger partial charge in [-0.15, -0.1) is 0 Å². The molecule has 0 aliphatic carbocycles. The van der Waals surface area contributed by atoms with E-state index in [4.69, 9.17) is 4.43 Å². The van der Waals surface area contributed by atoms with Gasteiger partial charge in [-0.25, -0.2) is 0 Å². The third-order valence-electron chi connectivity index (χ3n) is 4.63. The number of aliphatic hydroxyl groups excluding tert-OH is 1. The number of hydrogen-bond acceptors (Lipinski definition) is 2. The molecule has 0 aliphatic heterocycles. The van der Waals surface area contributed by atoms with Crippen molar-refractivity contribution in [3.05, 3.63) is 60.7 Å². The van der Waals surface area contributed by atoms with E-state index < -0.39 is 20.0 Å². The summed E-state index contributed by atoms with van der Waals surface area (Å²) in [5, 5.41) is 12.5. The molecule has 0 saturated carbocycles. The molecule has 0 radical (unpaired) electrons. The van der Waals surface area contributed by atoms with Crippen molar-refractivity contribution in [1.29, 1.82) is 0 Å². The minimum Gasteiger partial charge on any atom is -0.402 e. The zero-order valence-electron chi connectivity index (χ0n) is 16.4. The topological polar surface area (TPSA) is 29.5 Å². The fourth-order valence-corrected chi connectivity index (χ4v) is 8.66. The Hall–Kier alpha value is -1.42. The van der Waals surface area contributed by atoms with E-state index in [9.17, 15) is 5.11 Å². The van der Waals surface area contributed by atoms with Crippen molar-refractivity contribution >= 4 is 18.7 Å². The van der Waals surface area contributed by atoms with Gasteiger partial charge in [0, 0.05) is 6.42 Å². The summed E-state index contributed by atoms with van der Waals surface area (Å²) in [4.78, 5) is 0. The second-order valence-corrected chi connectivity index (χ2v) is 12.8. The van der Waals surface area contributed by atoms with E-state index in [0.717, 1.165) is 0 Å². The first kappa shape index (κ1) is 19.9. The molecule has 2 rings (SSSR count). The first-order valence-electron chi connectivity index (χ1n) is 9.08. The Kier molecular flexibility index (Phi) is 5.92. The second-order valence-electron chi connectivity index (χ2n) is 8.58. The number of aliphatic hydroxyl groups is 1. The Bertz CT molecular complexity index is 618. The van der Waals surface area contributed by atoms with Gasteiger partial charge in [-0.2, -0.15) is 0 Å². The quantitative estimate of drug-likeness (QED) is 0.789. The molecule has 1 N–H and O–H groups in total. The van der Waals surface area contributed by atoms with Gasteiger partial charge in [-0.05, 0) is 36.2 Å². The van der Waals surface area contributed by atoms with Crippen molar-refractivity contribution < 1.29 is 9.53 Å². The van der Waals surface area contributed by atoms with Crippen LogP contribution in [0.15, 0.2) is 60.7 Å². The molecule has 1 atom stereocenters. The monoisotopic (exact) mass is 356 g/mol. The fraction of sp³-hybridized carbons (Fsp3) is 0.455. The summed E-state index contributed by atoms with van der Waals surface area (Å²) in [6.45, 7) is 12.8. The van der Waals surface area contributed by atoms with Gasteiger partial charge in [0.05, 0.1) is 11.7 Å². The van der Waals surface area contributed by atoms with Crippen molar-refractivity contribution in [2.45, 2.75) is 64.7 Å². The van der Waals surface area contributed by atoms with Crippen LogP contribution in [0.5, 0.6) is 0 Å². The van der Waals surface area contributed by atoms with Crippen molar-refractivity contribution in [2.24, 2.45) is 0 Å². The molecule has 2 nitrogen and oxygen atoms in total. The van der Waals surface area contributed by atoms with Crippen LogP contribution in [-0.2, 0) is 4.43 Å². The van der Waals surface area contributed by atoms with Crippen LogP contribution in [0.25, 0.3) is 0 Å². The first-order chi connectivity index (χ1) is 11.6. The molecule has 3 heteroatoms. The maximum Gasteiger partial charge on any atom is 0.261 e. The zero-order chi connectivity index (χ0) is 18.7. The lowest BCUT2D eigenvalue weighted by atomic mass is 10.0. The summed E-state index contributed by atoms with van der Waals surface area (Å²) in [5.74, 6) is 0. The molecule has 2 aromatic rings. The number of rotatable bonds is 6. The van der Waals surface area contributed by atoms with E-state index in [1.165, 1.54) is 10.4 Å². The lowest BCUT2D eigenvalue weighted by Gasteiger charge is -2.48. The number of benzene rings is 2. The molecule has 0 aliphatic rings. The minimum atomic E-state index is -2.56. The smallest absolute Gasteiger partial charge is 0.261 e. The van der Waals surface area contributed by atoms with Crippen LogP contribution in [-0.4, -0.2) is 25.1 Å². The van der Waals surface area contributed by atoms with Gasteiger partial charge >= 0.3 is 0 Å². The molecule has 0 amide bonds. The fourth-order valence-electron chi connectivity index (χ4n) is 3.82. The van der Waals surface area contributed by atoms with Crippen molar-refractivity contribution in [2.75, 3.05) is 0 Å². The molecule has 0 saturated heterocycles. The van der Waals surface area contributed by atoms with Gasteiger partial charge in [0.15, 0.2) is 0 Å². The van der Waals surface area contributed by atoms with Gasteiger partial charge in [0.2, 0.25) is 0 Å². The summed E-state index contributed by atoms with van der Waals surface area (Å²) in [5.41, 5.74) is -0.417. The molecular weight excluding hydrogens is 324 g/mol. The third-order valence-corrected chi connectivity index (χ3v) is 9.90. The average molecular weight is 357 g/mol. The van der Waals surface area contributed by atoms with Crippen molar-refractivity contribution in [3.8, 4) is 0 Å². The van der Waals surface area contributed by atoms with Gasteiger partial charge in [-0.1, -0.05) is 81.4 Å². The van der Waals surface area contributed by atoms with Crippen molar-refractivity contribution in [1.82, 2.24) is 0 Å². The largest absolute Gasteiger partial charge is 0.402 e. The van der Waals surface area contributed by atoms with Crippen LogP contribution in [0, 0.1) is 0 Å². The summed E-state index contributed by atoms with van der Waals surface area (Å²) in [7, 11) is -2.56. The Morgan fingerprint density at radius 3 is 1.56 bits per heavy atom. The molecule has 0 spiro atoms. The highest BCUT2D eigenvalue weighted by Crippen LogP contribution is 2.40. The van der Waals surface area contributed by atoms with Crippen LogP contribution in [0.4, 0.5) is 0 Å². The Labute approximate surface area is 154 Å². The minimum absolute atomic E-state index is 0.0499. The lowest BCUT2D eigenvalue weighted by molar-refractivity contribution is 0.0376. The molecular formula is C22H32O2Si. The second kappa shape index (κ2) is 7.44. The highest BCUT2D eigenvalue weighted by molar-refractivity contribution is 6.99. The van der Waals surface area contributed by atoms with Crippen LogP contribution < -0.4 is 10.4 Å². The van der Waals surface area contributed by atoms with E-state index in [1.54, 1.807) is 0 Å².